The van der Waals surface area contributed by atoms with Gasteiger partial charge in [-0.1, -0.05) is 13.8 Å². The smallest absolute Gasteiger partial charge is 0.320 e. The van der Waals surface area contributed by atoms with Gasteiger partial charge in [0.05, 0.1) is 6.54 Å². The first-order valence-corrected chi connectivity index (χ1v) is 3.87. The molecule has 0 saturated heterocycles. The highest BCUT2D eigenvalue weighted by molar-refractivity contribution is 5.71. The summed E-state index contributed by atoms with van der Waals surface area (Å²) in [5, 5.41) is 0. The molecule has 0 aromatic carbocycles. The molecule has 0 atom stereocenters. The fourth-order valence-electron chi connectivity index (χ4n) is 0.383. The minimum atomic E-state index is -0.406. The van der Waals surface area contributed by atoms with E-state index < -0.39 is 5.60 Å². The van der Waals surface area contributed by atoms with Gasteiger partial charge in [-0.25, -0.2) is 0 Å². The minimum absolute atomic E-state index is 0.0444. The van der Waals surface area contributed by atoms with Crippen LogP contribution in [0.2, 0.25) is 0 Å². The zero-order valence-corrected chi connectivity index (χ0v) is 8.10. The first-order valence-electron chi connectivity index (χ1n) is 3.87. The van der Waals surface area contributed by atoms with Crippen molar-refractivity contribution < 1.29 is 9.53 Å². The van der Waals surface area contributed by atoms with E-state index in [9.17, 15) is 4.79 Å². The van der Waals surface area contributed by atoms with Gasteiger partial charge in [-0.05, 0) is 20.8 Å². The molecule has 0 saturated carbocycles. The number of esters is 1. The van der Waals surface area contributed by atoms with E-state index in [-0.39, 0.29) is 12.5 Å². The van der Waals surface area contributed by atoms with Crippen molar-refractivity contribution in [3.8, 4) is 0 Å². The van der Waals surface area contributed by atoms with Crippen LogP contribution in [0.4, 0.5) is 0 Å². The van der Waals surface area contributed by atoms with E-state index in [2.05, 4.69) is 0 Å². The molecule has 0 unspecified atom stereocenters. The fraction of sp³-hybridized carbons (Fsp3) is 0.875. The summed E-state index contributed by atoms with van der Waals surface area (Å²) in [4.78, 5) is 10.5. The molecule has 0 radical (unpaired) electrons. The van der Waals surface area contributed by atoms with E-state index in [1.807, 2.05) is 13.8 Å². The zero-order chi connectivity index (χ0) is 9.49. The molecule has 0 aromatic rings. The van der Waals surface area contributed by atoms with Gasteiger partial charge >= 0.3 is 5.97 Å². The number of carbonyl (C=O) groups is 1. The van der Waals surface area contributed by atoms with E-state index in [1.54, 1.807) is 20.8 Å². The molecule has 0 amide bonds. The first-order chi connectivity index (χ1) is 4.95. The Morgan fingerprint density at radius 3 is 1.82 bits per heavy atom. The van der Waals surface area contributed by atoms with Crippen LogP contribution in [0.3, 0.4) is 0 Å². The maximum absolute atomic E-state index is 10.5. The van der Waals surface area contributed by atoms with E-state index in [1.165, 1.54) is 0 Å². The van der Waals surface area contributed by atoms with Gasteiger partial charge in [0.1, 0.15) is 5.60 Å². The van der Waals surface area contributed by atoms with Gasteiger partial charge in [0, 0.05) is 0 Å². The molecule has 3 nitrogen and oxygen atoms in total. The van der Waals surface area contributed by atoms with Crippen LogP contribution in [0.5, 0.6) is 0 Å². The lowest BCUT2D eigenvalue weighted by molar-refractivity contribution is -0.152. The topological polar surface area (TPSA) is 52.3 Å². The van der Waals surface area contributed by atoms with Crippen LogP contribution in [0.25, 0.3) is 0 Å². The molecule has 0 aliphatic rings. The Morgan fingerprint density at radius 1 is 1.36 bits per heavy atom. The average Bonchev–Trinajstić information content (AvgIpc) is 1.89. The second-order valence-corrected chi connectivity index (χ2v) is 2.79. The summed E-state index contributed by atoms with van der Waals surface area (Å²) in [5.74, 6) is -0.359. The summed E-state index contributed by atoms with van der Waals surface area (Å²) in [7, 11) is 0. The third-order valence-electron chi connectivity index (χ3n) is 0.587. The van der Waals surface area contributed by atoms with Crippen molar-refractivity contribution in [1.29, 1.82) is 0 Å². The molecule has 2 N–H and O–H groups in total. The van der Waals surface area contributed by atoms with Crippen LogP contribution < -0.4 is 5.73 Å². The highest BCUT2D eigenvalue weighted by Gasteiger charge is 2.13. The molecule has 0 aliphatic heterocycles. The highest BCUT2D eigenvalue weighted by atomic mass is 16.6. The second-order valence-electron chi connectivity index (χ2n) is 2.79. The number of hydrogen-bond acceptors (Lipinski definition) is 3. The summed E-state index contributed by atoms with van der Waals surface area (Å²) in [6.07, 6.45) is 0. The molecular weight excluding hydrogens is 142 g/mol. The highest BCUT2D eigenvalue weighted by Crippen LogP contribution is 2.05. The third kappa shape index (κ3) is 12.6. The zero-order valence-electron chi connectivity index (χ0n) is 8.10. The summed E-state index contributed by atoms with van der Waals surface area (Å²) >= 11 is 0. The molecule has 0 rings (SSSR count). The molecule has 3 heteroatoms. The predicted octanol–water partition coefficient (Wildman–Crippen LogP) is 1.31. The van der Waals surface area contributed by atoms with Crippen molar-refractivity contribution in [2.24, 2.45) is 5.73 Å². The average molecular weight is 161 g/mol. The lowest BCUT2D eigenvalue weighted by atomic mass is 10.2. The van der Waals surface area contributed by atoms with E-state index in [0.29, 0.717) is 0 Å². The Balaban J connectivity index is 0. The second kappa shape index (κ2) is 6.16. The van der Waals surface area contributed by atoms with Gasteiger partial charge in [0.15, 0.2) is 0 Å². The fourth-order valence-corrected chi connectivity index (χ4v) is 0.383. The summed E-state index contributed by atoms with van der Waals surface area (Å²) < 4.78 is 4.82. The van der Waals surface area contributed by atoms with Crippen LogP contribution in [0.15, 0.2) is 0 Å². The van der Waals surface area contributed by atoms with Gasteiger partial charge in [0.25, 0.3) is 0 Å². The van der Waals surface area contributed by atoms with Crippen molar-refractivity contribution in [3.05, 3.63) is 0 Å². The SMILES string of the molecule is CC.CC(C)(C)OC(=O)CN. The summed E-state index contributed by atoms with van der Waals surface area (Å²) in [6.45, 7) is 9.37. The first kappa shape index (κ1) is 13.1. The molecule has 0 aromatic heterocycles. The molecule has 0 aliphatic carbocycles. The number of carbonyl (C=O) groups excluding carboxylic acids is 1. The van der Waals surface area contributed by atoms with Crippen molar-refractivity contribution >= 4 is 5.97 Å². The monoisotopic (exact) mass is 161 g/mol. The maximum Gasteiger partial charge on any atom is 0.320 e. The van der Waals surface area contributed by atoms with Gasteiger partial charge in [-0.15, -0.1) is 0 Å². The van der Waals surface area contributed by atoms with Crippen molar-refractivity contribution in [2.45, 2.75) is 40.2 Å². The largest absolute Gasteiger partial charge is 0.459 e. The van der Waals surface area contributed by atoms with Gasteiger partial charge in [0.2, 0.25) is 0 Å². The summed E-state index contributed by atoms with van der Waals surface area (Å²) in [6, 6.07) is 0. The molecule has 11 heavy (non-hydrogen) atoms. The van der Waals surface area contributed by atoms with E-state index >= 15 is 0 Å². The summed E-state index contributed by atoms with van der Waals surface area (Å²) in [5.41, 5.74) is 4.60. The van der Waals surface area contributed by atoms with Crippen LogP contribution in [-0.4, -0.2) is 18.1 Å². The van der Waals surface area contributed by atoms with Crippen LogP contribution in [-0.2, 0) is 9.53 Å². The Labute approximate surface area is 68.9 Å². The number of hydrogen-bond donors (Lipinski definition) is 1. The predicted molar refractivity (Wildman–Crippen MR) is 46.2 cm³/mol. The number of nitrogens with two attached hydrogens (primary N) is 1. The molecule has 0 spiro atoms. The number of rotatable bonds is 1. The van der Waals surface area contributed by atoms with E-state index in [4.69, 9.17) is 10.5 Å². The molecule has 0 heterocycles. The molecule has 0 fully saturated rings. The Bertz CT molecular complexity index is 105. The standard InChI is InChI=1S/C6H13NO2.C2H6/c1-6(2,3)9-5(8)4-7;1-2/h4,7H2,1-3H3;1-2H3. The van der Waals surface area contributed by atoms with Crippen molar-refractivity contribution in [2.75, 3.05) is 6.54 Å². The van der Waals surface area contributed by atoms with Gasteiger partial charge < -0.3 is 10.5 Å². The van der Waals surface area contributed by atoms with Gasteiger partial charge in [-0.3, -0.25) is 4.79 Å². The third-order valence-corrected chi connectivity index (χ3v) is 0.587. The van der Waals surface area contributed by atoms with Crippen molar-refractivity contribution in [1.82, 2.24) is 0 Å². The Morgan fingerprint density at radius 2 is 1.73 bits per heavy atom. The van der Waals surface area contributed by atoms with Crippen LogP contribution >= 0.6 is 0 Å². The van der Waals surface area contributed by atoms with Crippen LogP contribution in [0.1, 0.15) is 34.6 Å². The normalized spacial score (nSPS) is 9.64. The van der Waals surface area contributed by atoms with Crippen molar-refractivity contribution in [3.63, 3.8) is 0 Å². The van der Waals surface area contributed by atoms with E-state index in [0.717, 1.165) is 0 Å². The van der Waals surface area contributed by atoms with Gasteiger partial charge in [-0.2, -0.15) is 0 Å². The quantitative estimate of drug-likeness (QED) is 0.590. The lowest BCUT2D eigenvalue weighted by Crippen LogP contribution is -2.28. The minimum Gasteiger partial charge on any atom is -0.459 e. The lowest BCUT2D eigenvalue weighted by Gasteiger charge is -2.18. The maximum atomic E-state index is 10.5. The molecular formula is C8H19NO2. The molecule has 0 bridgehead atoms. The number of ether oxygens (including phenoxy) is 1. The van der Waals surface area contributed by atoms with Crippen LogP contribution in [0, 0.1) is 0 Å². The Kier molecular flexibility index (Phi) is 7.31. The molecule has 68 valence electrons. The Hall–Kier alpha value is -0.570.